The highest BCUT2D eigenvalue weighted by Gasteiger charge is 2.52. The molecule has 1 unspecified atom stereocenters. The first-order valence-corrected chi connectivity index (χ1v) is 9.35. The molecule has 1 atom stereocenters. The summed E-state index contributed by atoms with van der Waals surface area (Å²) in [5, 5.41) is 12.3. The highest BCUT2D eigenvalue weighted by Crippen LogP contribution is 2.34. The van der Waals surface area contributed by atoms with E-state index >= 15 is 0 Å². The van der Waals surface area contributed by atoms with E-state index in [4.69, 9.17) is 0 Å². The van der Waals surface area contributed by atoms with Gasteiger partial charge in [-0.3, -0.25) is 9.69 Å². The van der Waals surface area contributed by atoms with Crippen LogP contribution in [0.25, 0.3) is 0 Å². The zero-order valence-corrected chi connectivity index (χ0v) is 15.7. The first kappa shape index (κ1) is 18.5. The van der Waals surface area contributed by atoms with Crippen LogP contribution in [0.5, 0.6) is 0 Å². The molecule has 1 aliphatic rings. The number of rotatable bonds is 5. The lowest BCUT2D eigenvalue weighted by Gasteiger charge is -2.27. The number of nitrogens with zero attached hydrogens (tertiary/aromatic N) is 2. The van der Waals surface area contributed by atoms with Crippen molar-refractivity contribution >= 4 is 11.9 Å². The van der Waals surface area contributed by atoms with Crippen molar-refractivity contribution < 1.29 is 9.59 Å². The molecule has 1 saturated heterocycles. The molecule has 1 aliphatic heterocycles. The van der Waals surface area contributed by atoms with Crippen LogP contribution >= 0.6 is 0 Å². The van der Waals surface area contributed by atoms with Crippen LogP contribution in [0.2, 0.25) is 0 Å². The predicted octanol–water partition coefficient (Wildman–Crippen LogP) is 3.75. The molecule has 0 aliphatic carbocycles. The van der Waals surface area contributed by atoms with Gasteiger partial charge in [-0.1, -0.05) is 78.9 Å². The molecule has 3 amide bonds. The van der Waals surface area contributed by atoms with E-state index < -0.39 is 11.6 Å². The third-order valence-electron chi connectivity index (χ3n) is 5.22. The summed E-state index contributed by atoms with van der Waals surface area (Å²) in [6, 6.07) is 27.6. The van der Waals surface area contributed by atoms with Crippen LogP contribution in [0.3, 0.4) is 0 Å². The molecule has 3 aromatic carbocycles. The largest absolute Gasteiger partial charge is 0.325 e. The lowest BCUT2D eigenvalue weighted by atomic mass is 9.83. The van der Waals surface area contributed by atoms with Gasteiger partial charge >= 0.3 is 6.03 Å². The van der Waals surface area contributed by atoms with Gasteiger partial charge in [0.05, 0.1) is 18.2 Å². The van der Waals surface area contributed by atoms with E-state index in [1.807, 2.05) is 60.7 Å². The molecule has 0 bridgehead atoms. The van der Waals surface area contributed by atoms with Crippen LogP contribution in [-0.2, 0) is 23.3 Å². The number of nitriles is 1. The predicted molar refractivity (Wildman–Crippen MR) is 109 cm³/mol. The molecule has 0 saturated carbocycles. The minimum atomic E-state index is -1.18. The number of carbonyl (C=O) groups excluding carboxylic acids is 2. The van der Waals surface area contributed by atoms with Gasteiger partial charge in [0.25, 0.3) is 5.91 Å². The number of amides is 3. The second kappa shape index (κ2) is 7.61. The molecule has 5 nitrogen and oxygen atoms in total. The Morgan fingerprint density at radius 2 is 1.48 bits per heavy atom. The Bertz CT molecular complexity index is 1090. The Kier molecular flexibility index (Phi) is 4.84. The summed E-state index contributed by atoms with van der Waals surface area (Å²) in [7, 11) is 0. The van der Waals surface area contributed by atoms with Crippen molar-refractivity contribution in [3.63, 3.8) is 0 Å². The summed E-state index contributed by atoms with van der Waals surface area (Å²) in [6.07, 6.45) is 0.346. The van der Waals surface area contributed by atoms with E-state index in [0.717, 1.165) is 11.1 Å². The standard InChI is InChI=1S/C24H19N3O2/c25-16-19-11-7-8-12-20(19)17-27-22(28)24(26-23(27)29,21-13-5-2-6-14-21)15-18-9-3-1-4-10-18/h1-14H,15,17H2,(H,26,29). The molecule has 0 radical (unpaired) electrons. The molecule has 1 fully saturated rings. The van der Waals surface area contributed by atoms with Gasteiger partial charge in [-0.05, 0) is 22.8 Å². The lowest BCUT2D eigenvalue weighted by molar-refractivity contribution is -0.132. The number of imide groups is 1. The lowest BCUT2D eigenvalue weighted by Crippen LogP contribution is -2.46. The summed E-state index contributed by atoms with van der Waals surface area (Å²) in [5.74, 6) is -0.315. The van der Waals surface area contributed by atoms with E-state index in [1.165, 1.54) is 4.90 Å². The Morgan fingerprint density at radius 3 is 2.17 bits per heavy atom. The van der Waals surface area contributed by atoms with E-state index in [2.05, 4.69) is 11.4 Å². The smallest absolute Gasteiger partial charge is 0.319 e. The van der Waals surface area contributed by atoms with Crippen molar-refractivity contribution in [2.45, 2.75) is 18.5 Å². The van der Waals surface area contributed by atoms with Crippen LogP contribution in [-0.4, -0.2) is 16.8 Å². The van der Waals surface area contributed by atoms with Gasteiger partial charge in [-0.2, -0.15) is 5.26 Å². The number of benzene rings is 3. The summed E-state index contributed by atoms with van der Waals surface area (Å²) < 4.78 is 0. The van der Waals surface area contributed by atoms with Gasteiger partial charge < -0.3 is 5.32 Å². The normalized spacial score (nSPS) is 18.4. The minimum Gasteiger partial charge on any atom is -0.319 e. The fraction of sp³-hybridized carbons (Fsp3) is 0.125. The minimum absolute atomic E-state index is 0.0533. The fourth-order valence-electron chi connectivity index (χ4n) is 3.75. The van der Waals surface area contributed by atoms with E-state index in [1.54, 1.807) is 24.3 Å². The average molecular weight is 381 g/mol. The molecule has 0 spiro atoms. The maximum Gasteiger partial charge on any atom is 0.325 e. The van der Waals surface area contributed by atoms with Gasteiger partial charge in [0, 0.05) is 6.42 Å². The molecule has 142 valence electrons. The zero-order chi connectivity index (χ0) is 20.3. The number of carbonyl (C=O) groups is 2. The average Bonchev–Trinajstić information content (AvgIpc) is 3.00. The molecule has 1 N–H and O–H groups in total. The first-order valence-electron chi connectivity index (χ1n) is 9.35. The summed E-state index contributed by atoms with van der Waals surface area (Å²) in [6.45, 7) is 0.0533. The fourth-order valence-corrected chi connectivity index (χ4v) is 3.75. The third kappa shape index (κ3) is 3.37. The topological polar surface area (TPSA) is 73.2 Å². The maximum atomic E-state index is 13.6. The second-order valence-corrected chi connectivity index (χ2v) is 7.02. The zero-order valence-electron chi connectivity index (χ0n) is 15.7. The Labute approximate surface area is 169 Å². The molecule has 4 rings (SSSR count). The molecule has 29 heavy (non-hydrogen) atoms. The highest BCUT2D eigenvalue weighted by molar-refractivity contribution is 6.07. The molecule has 3 aromatic rings. The van der Waals surface area contributed by atoms with Crippen LogP contribution in [0.1, 0.15) is 22.3 Å². The van der Waals surface area contributed by atoms with Crippen molar-refractivity contribution in [2.75, 3.05) is 0 Å². The van der Waals surface area contributed by atoms with Gasteiger partial charge in [0.15, 0.2) is 5.54 Å². The van der Waals surface area contributed by atoms with Crippen LogP contribution < -0.4 is 5.32 Å². The van der Waals surface area contributed by atoms with Gasteiger partial charge in [0.2, 0.25) is 0 Å². The molecule has 1 heterocycles. The van der Waals surface area contributed by atoms with Crippen LogP contribution in [0, 0.1) is 11.3 Å². The first-order chi connectivity index (χ1) is 14.1. The monoisotopic (exact) mass is 381 g/mol. The van der Waals surface area contributed by atoms with E-state index in [-0.39, 0.29) is 12.5 Å². The third-order valence-corrected chi connectivity index (χ3v) is 5.22. The number of hydrogen-bond donors (Lipinski definition) is 1. The van der Waals surface area contributed by atoms with E-state index in [9.17, 15) is 14.9 Å². The molecular formula is C24H19N3O2. The summed E-state index contributed by atoms with van der Waals surface area (Å²) >= 11 is 0. The van der Waals surface area contributed by atoms with Crippen LogP contribution in [0.4, 0.5) is 4.79 Å². The number of hydrogen-bond acceptors (Lipinski definition) is 3. The number of nitrogens with one attached hydrogen (secondary N) is 1. The Morgan fingerprint density at radius 1 is 0.862 bits per heavy atom. The Balaban J connectivity index is 1.74. The van der Waals surface area contributed by atoms with Crippen molar-refractivity contribution in [1.29, 1.82) is 5.26 Å². The number of urea groups is 1. The van der Waals surface area contributed by atoms with Gasteiger partial charge in [-0.25, -0.2) is 4.79 Å². The maximum absolute atomic E-state index is 13.6. The molecule has 0 aromatic heterocycles. The van der Waals surface area contributed by atoms with Crippen molar-refractivity contribution in [2.24, 2.45) is 0 Å². The highest BCUT2D eigenvalue weighted by atomic mass is 16.2. The summed E-state index contributed by atoms with van der Waals surface area (Å²) in [5.41, 5.74) is 1.60. The quantitative estimate of drug-likeness (QED) is 0.684. The summed E-state index contributed by atoms with van der Waals surface area (Å²) in [4.78, 5) is 27.7. The Hall–Kier alpha value is -3.91. The van der Waals surface area contributed by atoms with Crippen LogP contribution in [0.15, 0.2) is 84.9 Å². The molecular weight excluding hydrogens is 362 g/mol. The van der Waals surface area contributed by atoms with Crippen molar-refractivity contribution in [3.8, 4) is 6.07 Å². The second-order valence-electron chi connectivity index (χ2n) is 7.02. The van der Waals surface area contributed by atoms with Gasteiger partial charge in [0.1, 0.15) is 0 Å². The molecule has 5 heteroatoms. The SMILES string of the molecule is N#Cc1ccccc1CN1C(=O)NC(Cc2ccccc2)(c2ccccc2)C1=O. The van der Waals surface area contributed by atoms with Gasteiger partial charge in [-0.15, -0.1) is 0 Å². The van der Waals surface area contributed by atoms with E-state index in [0.29, 0.717) is 17.5 Å². The van der Waals surface area contributed by atoms with Crippen molar-refractivity contribution in [3.05, 3.63) is 107 Å². The van der Waals surface area contributed by atoms with Crippen molar-refractivity contribution in [1.82, 2.24) is 10.2 Å².